The van der Waals surface area contributed by atoms with E-state index < -0.39 is 21.4 Å². The third-order valence-electron chi connectivity index (χ3n) is 7.07. The molecule has 1 amide bonds. The fourth-order valence-corrected chi connectivity index (χ4v) is 6.49. The molecule has 2 aliphatic heterocycles. The number of hydrogen-bond donors (Lipinski definition) is 0. The molecule has 2 aliphatic rings. The van der Waals surface area contributed by atoms with Crippen molar-refractivity contribution in [3.63, 3.8) is 0 Å². The fourth-order valence-electron chi connectivity index (χ4n) is 4.98. The second-order valence-electron chi connectivity index (χ2n) is 11.6. The Morgan fingerprint density at radius 1 is 1.18 bits per heavy atom. The molecule has 9 nitrogen and oxygen atoms in total. The first-order valence-electron chi connectivity index (χ1n) is 13.7. The Kier molecular flexibility index (Phi) is 9.79. The molecule has 0 radical (unpaired) electrons. The van der Waals surface area contributed by atoms with Gasteiger partial charge in [0.1, 0.15) is 5.82 Å². The van der Waals surface area contributed by atoms with Crippen molar-refractivity contribution in [3.8, 4) is 0 Å². The number of rotatable bonds is 11. The summed E-state index contributed by atoms with van der Waals surface area (Å²) >= 11 is 0. The van der Waals surface area contributed by atoms with E-state index in [4.69, 9.17) is 9.47 Å². The van der Waals surface area contributed by atoms with Crippen molar-refractivity contribution >= 4 is 15.7 Å². The molecule has 0 N–H and O–H groups in total. The number of carbonyl (C=O) groups excluding carboxylic acids is 1. The Labute approximate surface area is 231 Å². The van der Waals surface area contributed by atoms with Crippen LogP contribution in [-0.2, 0) is 42.9 Å². The minimum atomic E-state index is -3.97. The largest absolute Gasteiger partial charge is 0.379 e. The molecule has 0 saturated carbocycles. The van der Waals surface area contributed by atoms with Crippen LogP contribution in [0.25, 0.3) is 0 Å². The minimum absolute atomic E-state index is 0.0105. The first kappa shape index (κ1) is 29.6. The molecule has 11 heteroatoms. The van der Waals surface area contributed by atoms with Crippen LogP contribution in [0.1, 0.15) is 51.3 Å². The van der Waals surface area contributed by atoms with Gasteiger partial charge >= 0.3 is 0 Å². The van der Waals surface area contributed by atoms with E-state index in [1.165, 1.54) is 24.4 Å². The number of ether oxygens (including phenoxy) is 2. The molecule has 1 aromatic carbocycles. The average molecular weight is 565 g/mol. The first-order valence-corrected chi connectivity index (χ1v) is 15.4. The third kappa shape index (κ3) is 8.33. The summed E-state index contributed by atoms with van der Waals surface area (Å²) in [7, 11) is -3.97. The number of carbonyl (C=O) groups is 1. The van der Waals surface area contributed by atoms with E-state index in [9.17, 15) is 17.6 Å². The molecule has 39 heavy (non-hydrogen) atoms. The van der Waals surface area contributed by atoms with Crippen LogP contribution in [0.4, 0.5) is 4.39 Å². The van der Waals surface area contributed by atoms with Gasteiger partial charge in [0.15, 0.2) is 0 Å². The lowest BCUT2D eigenvalue weighted by atomic mass is 9.91. The highest BCUT2D eigenvalue weighted by atomic mass is 32.2. The molecule has 0 spiro atoms. The maximum atomic E-state index is 14.3. The van der Waals surface area contributed by atoms with Crippen LogP contribution < -0.4 is 0 Å². The van der Waals surface area contributed by atoms with Crippen molar-refractivity contribution in [2.45, 2.75) is 70.1 Å². The Morgan fingerprint density at radius 2 is 1.92 bits per heavy atom. The molecule has 0 bridgehead atoms. The van der Waals surface area contributed by atoms with Crippen LogP contribution in [0.5, 0.6) is 0 Å². The number of sulfone groups is 1. The van der Waals surface area contributed by atoms with Crippen molar-refractivity contribution in [2.24, 2.45) is 5.41 Å². The molecule has 1 atom stereocenters. The molecule has 216 valence electrons. The van der Waals surface area contributed by atoms with Gasteiger partial charge in [-0.2, -0.15) is 0 Å². The van der Waals surface area contributed by atoms with Crippen LogP contribution in [-0.4, -0.2) is 85.8 Å². The summed E-state index contributed by atoms with van der Waals surface area (Å²) in [5, 5.41) is -0.118. The summed E-state index contributed by atoms with van der Waals surface area (Å²) in [6.45, 7) is 11.4. The molecule has 3 heterocycles. The van der Waals surface area contributed by atoms with E-state index in [1.807, 2.05) is 20.8 Å². The zero-order valence-corrected chi connectivity index (χ0v) is 24.1. The van der Waals surface area contributed by atoms with E-state index in [2.05, 4.69) is 9.88 Å². The van der Waals surface area contributed by atoms with Gasteiger partial charge in [-0.1, -0.05) is 39.0 Å². The predicted octanol–water partition coefficient (Wildman–Crippen LogP) is 3.27. The van der Waals surface area contributed by atoms with Crippen molar-refractivity contribution in [1.29, 1.82) is 0 Å². The van der Waals surface area contributed by atoms with Crippen LogP contribution in [0.3, 0.4) is 0 Å². The van der Waals surface area contributed by atoms with Gasteiger partial charge in [0.25, 0.3) is 0 Å². The standard InChI is InChI=1S/C28H41FN4O5S/c1-28(2,3)17-26(34)32(11-10-31-12-15-37-16-13-31)19-23-18-30-27(33(23)20-24-8-6-14-38-24)39(35,36)21-22-7-4-5-9-25(22)29/h4-5,7,9,18,24H,6,8,10-17,19-21H2,1-3H3. The van der Waals surface area contributed by atoms with E-state index in [0.717, 1.165) is 25.9 Å². The van der Waals surface area contributed by atoms with Gasteiger partial charge in [-0.05, 0) is 24.3 Å². The molecule has 0 aliphatic carbocycles. The summed E-state index contributed by atoms with van der Waals surface area (Å²) in [5.41, 5.74) is 0.528. The predicted molar refractivity (Wildman–Crippen MR) is 145 cm³/mol. The molecular formula is C28H41FN4O5S. The smallest absolute Gasteiger partial charge is 0.228 e. The highest BCUT2D eigenvalue weighted by molar-refractivity contribution is 7.90. The zero-order chi connectivity index (χ0) is 28.0. The van der Waals surface area contributed by atoms with Crippen LogP contribution in [0.15, 0.2) is 35.6 Å². The number of aromatic nitrogens is 2. The molecule has 4 rings (SSSR count). The van der Waals surface area contributed by atoms with Crippen molar-refractivity contribution < 1.29 is 27.1 Å². The first-order chi connectivity index (χ1) is 18.5. The Balaban J connectivity index is 1.61. The second-order valence-corrected chi connectivity index (χ2v) is 13.5. The van der Waals surface area contributed by atoms with E-state index in [1.54, 1.807) is 15.5 Å². The normalized spacial score (nSPS) is 18.9. The maximum absolute atomic E-state index is 14.3. The van der Waals surface area contributed by atoms with Gasteiger partial charge in [-0.3, -0.25) is 9.69 Å². The summed E-state index contributed by atoms with van der Waals surface area (Å²) in [6.07, 6.45) is 3.48. The molecular weight excluding hydrogens is 523 g/mol. The highest BCUT2D eigenvalue weighted by Crippen LogP contribution is 2.25. The fraction of sp³-hybridized carbons (Fsp3) is 0.643. The highest BCUT2D eigenvalue weighted by Gasteiger charge is 2.30. The average Bonchev–Trinajstić information content (AvgIpc) is 3.53. The van der Waals surface area contributed by atoms with Gasteiger partial charge < -0.3 is 18.9 Å². The van der Waals surface area contributed by atoms with Crippen molar-refractivity contribution in [3.05, 3.63) is 47.5 Å². The Hall–Kier alpha value is -2.34. The van der Waals surface area contributed by atoms with Gasteiger partial charge in [0.2, 0.25) is 20.9 Å². The van der Waals surface area contributed by atoms with Gasteiger partial charge in [-0.25, -0.2) is 17.8 Å². The SMILES string of the molecule is CC(C)(C)CC(=O)N(CCN1CCOCC1)Cc1cnc(S(=O)(=O)Cc2ccccc2F)n1CC1CCCO1. The van der Waals surface area contributed by atoms with Gasteiger partial charge in [0, 0.05) is 44.8 Å². The van der Waals surface area contributed by atoms with Crippen LogP contribution in [0, 0.1) is 11.2 Å². The number of imidazole rings is 1. The lowest BCUT2D eigenvalue weighted by Gasteiger charge is -2.31. The maximum Gasteiger partial charge on any atom is 0.228 e. The molecule has 2 aromatic rings. The van der Waals surface area contributed by atoms with E-state index >= 15 is 0 Å². The topological polar surface area (TPSA) is 94.0 Å². The zero-order valence-electron chi connectivity index (χ0n) is 23.3. The lowest BCUT2D eigenvalue weighted by Crippen LogP contribution is -2.43. The number of hydrogen-bond acceptors (Lipinski definition) is 7. The molecule has 2 saturated heterocycles. The van der Waals surface area contributed by atoms with E-state index in [-0.39, 0.29) is 34.7 Å². The third-order valence-corrected chi connectivity index (χ3v) is 8.64. The minimum Gasteiger partial charge on any atom is -0.379 e. The summed E-state index contributed by atoms with van der Waals surface area (Å²) < 4.78 is 54.3. The number of nitrogens with zero attached hydrogens (tertiary/aromatic N) is 4. The summed E-state index contributed by atoms with van der Waals surface area (Å²) in [5.74, 6) is -1.05. The van der Waals surface area contributed by atoms with Crippen molar-refractivity contribution in [2.75, 3.05) is 46.0 Å². The van der Waals surface area contributed by atoms with Gasteiger partial charge in [0.05, 0.1) is 50.1 Å². The van der Waals surface area contributed by atoms with E-state index in [0.29, 0.717) is 51.6 Å². The summed E-state index contributed by atoms with van der Waals surface area (Å²) in [4.78, 5) is 21.8. The second kappa shape index (κ2) is 12.9. The number of benzene rings is 1. The molecule has 1 aromatic heterocycles. The molecule has 2 fully saturated rings. The monoisotopic (exact) mass is 564 g/mol. The van der Waals surface area contributed by atoms with Crippen LogP contribution >= 0.6 is 0 Å². The number of amides is 1. The Morgan fingerprint density at radius 3 is 2.59 bits per heavy atom. The molecule has 1 unspecified atom stereocenters. The number of morpholine rings is 1. The lowest BCUT2D eigenvalue weighted by molar-refractivity contribution is -0.134. The van der Waals surface area contributed by atoms with Gasteiger partial charge in [-0.15, -0.1) is 0 Å². The van der Waals surface area contributed by atoms with Crippen LogP contribution in [0.2, 0.25) is 0 Å². The van der Waals surface area contributed by atoms with Crippen molar-refractivity contribution in [1.82, 2.24) is 19.4 Å². The Bertz CT molecular complexity index is 1210. The summed E-state index contributed by atoms with van der Waals surface area (Å²) in [6, 6.07) is 5.87. The number of halogens is 1. The quantitative estimate of drug-likeness (QED) is 0.414.